The summed E-state index contributed by atoms with van der Waals surface area (Å²) in [4.78, 5) is 13.6. The molecule has 0 spiro atoms. The fourth-order valence-electron chi connectivity index (χ4n) is 2.32. The monoisotopic (exact) mass is 381 g/mol. The highest BCUT2D eigenvalue weighted by atomic mass is 79.9. The van der Waals surface area contributed by atoms with E-state index in [4.69, 9.17) is 9.47 Å². The maximum atomic E-state index is 13.3. The van der Waals surface area contributed by atoms with Crippen LogP contribution < -0.4 is 9.64 Å². The van der Waals surface area contributed by atoms with Crippen LogP contribution >= 0.6 is 15.9 Å². The number of methoxy groups -OCH3 is 1. The van der Waals surface area contributed by atoms with Gasteiger partial charge in [0.15, 0.2) is 11.5 Å². The summed E-state index contributed by atoms with van der Waals surface area (Å²) in [6, 6.07) is 2.29. The lowest BCUT2D eigenvalue weighted by molar-refractivity contribution is -0.138. The second-order valence-corrected chi connectivity index (χ2v) is 5.29. The van der Waals surface area contributed by atoms with Crippen LogP contribution in [0.15, 0.2) is 12.1 Å². The third-order valence-corrected chi connectivity index (χ3v) is 3.88. The van der Waals surface area contributed by atoms with Gasteiger partial charge in [-0.25, -0.2) is 0 Å². The normalized spacial score (nSPS) is 15.8. The zero-order valence-electron chi connectivity index (χ0n) is 11.9. The molecule has 8 heteroatoms. The van der Waals surface area contributed by atoms with E-state index in [-0.39, 0.29) is 22.3 Å². The fraction of sp³-hybridized carbons (Fsp3) is 0.500. The zero-order valence-corrected chi connectivity index (χ0v) is 13.5. The lowest BCUT2D eigenvalue weighted by Crippen LogP contribution is -2.36. The summed E-state index contributed by atoms with van der Waals surface area (Å²) in [5, 5.41) is -0.0425. The Morgan fingerprint density at radius 3 is 2.50 bits per heavy atom. The number of halogens is 4. The maximum absolute atomic E-state index is 13.3. The number of Topliss-reactive ketones (excluding diaryl/α,β-unsaturated/α-hetero) is 1. The molecule has 0 aromatic heterocycles. The van der Waals surface area contributed by atoms with Crippen molar-refractivity contribution in [1.82, 2.24) is 0 Å². The number of anilines is 1. The SMILES string of the molecule is COc1c(N2CCOCC2)cc(C(=O)CBr)cc1C(F)(F)F. The molecule has 0 unspecified atom stereocenters. The minimum Gasteiger partial charge on any atom is -0.494 e. The van der Waals surface area contributed by atoms with Crippen LogP contribution in [-0.4, -0.2) is 44.5 Å². The molecule has 22 heavy (non-hydrogen) atoms. The molecule has 1 aromatic rings. The van der Waals surface area contributed by atoms with E-state index in [9.17, 15) is 18.0 Å². The molecule has 0 atom stereocenters. The third-order valence-electron chi connectivity index (χ3n) is 3.37. The minimum atomic E-state index is -4.60. The van der Waals surface area contributed by atoms with Gasteiger partial charge in [-0.2, -0.15) is 13.2 Å². The van der Waals surface area contributed by atoms with Gasteiger partial charge in [-0.15, -0.1) is 0 Å². The molecule has 0 aliphatic carbocycles. The molecular weight excluding hydrogens is 367 g/mol. The van der Waals surface area contributed by atoms with E-state index in [2.05, 4.69) is 15.9 Å². The molecule has 1 fully saturated rings. The molecule has 1 aromatic carbocycles. The number of hydrogen-bond donors (Lipinski definition) is 0. The Kier molecular flexibility index (Phi) is 5.33. The molecule has 0 amide bonds. The highest BCUT2D eigenvalue weighted by Gasteiger charge is 2.37. The van der Waals surface area contributed by atoms with Gasteiger partial charge in [-0.3, -0.25) is 4.79 Å². The number of hydrogen-bond acceptors (Lipinski definition) is 4. The number of alkyl halides is 4. The summed E-state index contributed by atoms with van der Waals surface area (Å²) in [6.07, 6.45) is -4.60. The van der Waals surface area contributed by atoms with E-state index in [1.165, 1.54) is 13.2 Å². The molecule has 4 nitrogen and oxygen atoms in total. The summed E-state index contributed by atoms with van der Waals surface area (Å²) < 4.78 is 50.1. The number of carbonyl (C=O) groups excluding carboxylic acids is 1. The molecule has 122 valence electrons. The topological polar surface area (TPSA) is 38.8 Å². The number of morpholine rings is 1. The smallest absolute Gasteiger partial charge is 0.420 e. The van der Waals surface area contributed by atoms with E-state index in [0.717, 1.165) is 6.07 Å². The lowest BCUT2D eigenvalue weighted by Gasteiger charge is -2.31. The first kappa shape index (κ1) is 17.1. The van der Waals surface area contributed by atoms with Gasteiger partial charge in [-0.1, -0.05) is 15.9 Å². The van der Waals surface area contributed by atoms with Gasteiger partial charge in [0.2, 0.25) is 0 Å². The molecule has 1 aliphatic rings. The summed E-state index contributed by atoms with van der Waals surface area (Å²) in [7, 11) is 1.19. The van der Waals surface area contributed by atoms with Gasteiger partial charge in [0.1, 0.15) is 5.56 Å². The fourth-order valence-corrected chi connectivity index (χ4v) is 2.64. The number of carbonyl (C=O) groups is 1. The van der Waals surface area contributed by atoms with Crippen LogP contribution in [0.4, 0.5) is 18.9 Å². The van der Waals surface area contributed by atoms with Crippen molar-refractivity contribution in [2.45, 2.75) is 6.18 Å². The largest absolute Gasteiger partial charge is 0.494 e. The predicted molar refractivity (Wildman–Crippen MR) is 79.2 cm³/mol. The Hall–Kier alpha value is -1.28. The van der Waals surface area contributed by atoms with Crippen LogP contribution in [-0.2, 0) is 10.9 Å². The lowest BCUT2D eigenvalue weighted by atomic mass is 10.0. The summed E-state index contributed by atoms with van der Waals surface area (Å²) in [5.74, 6) is -0.678. The van der Waals surface area contributed by atoms with E-state index in [0.29, 0.717) is 26.3 Å². The maximum Gasteiger partial charge on any atom is 0.420 e. The standard InChI is InChI=1S/C14H15BrF3NO3/c1-21-13-10(14(16,17)18)6-9(12(20)8-15)7-11(13)19-2-4-22-5-3-19/h6-7H,2-5,8H2,1H3. The first-order valence-corrected chi connectivity index (χ1v) is 7.71. The molecule has 1 saturated heterocycles. The van der Waals surface area contributed by atoms with Gasteiger partial charge in [0.05, 0.1) is 31.3 Å². The van der Waals surface area contributed by atoms with E-state index >= 15 is 0 Å². The van der Waals surface area contributed by atoms with Crippen LogP contribution in [0, 0.1) is 0 Å². The Balaban J connectivity index is 2.60. The van der Waals surface area contributed by atoms with E-state index < -0.39 is 17.5 Å². The van der Waals surface area contributed by atoms with Crippen LogP contribution in [0.3, 0.4) is 0 Å². The molecule has 0 bridgehead atoms. The van der Waals surface area contributed by atoms with Gasteiger partial charge < -0.3 is 14.4 Å². The van der Waals surface area contributed by atoms with Crippen LogP contribution in [0.5, 0.6) is 5.75 Å². The van der Waals surface area contributed by atoms with Gasteiger partial charge >= 0.3 is 6.18 Å². The highest BCUT2D eigenvalue weighted by Crippen LogP contribution is 2.43. The Morgan fingerprint density at radius 2 is 2.00 bits per heavy atom. The average Bonchev–Trinajstić information content (AvgIpc) is 2.52. The molecule has 0 N–H and O–H groups in total. The quantitative estimate of drug-likeness (QED) is 0.593. The van der Waals surface area contributed by atoms with Crippen LogP contribution in [0.2, 0.25) is 0 Å². The number of rotatable bonds is 4. The first-order valence-electron chi connectivity index (χ1n) is 6.59. The molecular formula is C14H15BrF3NO3. The predicted octanol–water partition coefficient (Wildman–Crippen LogP) is 3.13. The van der Waals surface area contributed by atoms with Crippen molar-refractivity contribution in [3.63, 3.8) is 0 Å². The summed E-state index contributed by atoms with van der Waals surface area (Å²) in [5.41, 5.74) is -0.667. The van der Waals surface area contributed by atoms with Crippen molar-refractivity contribution in [2.24, 2.45) is 0 Å². The molecule has 2 rings (SSSR count). The average molecular weight is 382 g/mol. The number of nitrogens with zero attached hydrogens (tertiary/aromatic N) is 1. The third kappa shape index (κ3) is 3.55. The van der Waals surface area contributed by atoms with Crippen molar-refractivity contribution in [3.8, 4) is 5.75 Å². The zero-order chi connectivity index (χ0) is 16.3. The minimum absolute atomic E-state index is 0.00601. The van der Waals surface area contributed by atoms with Crippen molar-refractivity contribution in [1.29, 1.82) is 0 Å². The molecule has 0 radical (unpaired) electrons. The van der Waals surface area contributed by atoms with Crippen LogP contribution in [0.1, 0.15) is 15.9 Å². The Bertz CT molecular complexity index is 557. The van der Waals surface area contributed by atoms with Gasteiger partial charge in [-0.05, 0) is 12.1 Å². The second kappa shape index (κ2) is 6.87. The molecule has 1 aliphatic heterocycles. The van der Waals surface area contributed by atoms with E-state index in [1.54, 1.807) is 4.90 Å². The van der Waals surface area contributed by atoms with Crippen molar-refractivity contribution >= 4 is 27.4 Å². The Labute approximate surface area is 134 Å². The van der Waals surface area contributed by atoms with Crippen LogP contribution in [0.25, 0.3) is 0 Å². The van der Waals surface area contributed by atoms with Gasteiger partial charge in [0.25, 0.3) is 0 Å². The van der Waals surface area contributed by atoms with Crippen molar-refractivity contribution < 1.29 is 27.4 Å². The number of ether oxygens (including phenoxy) is 2. The number of benzene rings is 1. The van der Waals surface area contributed by atoms with Gasteiger partial charge in [0, 0.05) is 18.7 Å². The van der Waals surface area contributed by atoms with Crippen molar-refractivity contribution in [3.05, 3.63) is 23.3 Å². The molecule has 1 heterocycles. The Morgan fingerprint density at radius 1 is 1.36 bits per heavy atom. The van der Waals surface area contributed by atoms with Crippen molar-refractivity contribution in [2.75, 3.05) is 43.6 Å². The number of ketones is 1. The van der Waals surface area contributed by atoms with E-state index in [1.807, 2.05) is 0 Å². The second-order valence-electron chi connectivity index (χ2n) is 4.73. The first-order chi connectivity index (χ1) is 10.4. The highest BCUT2D eigenvalue weighted by molar-refractivity contribution is 9.09. The summed E-state index contributed by atoms with van der Waals surface area (Å²) >= 11 is 2.99. The summed E-state index contributed by atoms with van der Waals surface area (Å²) in [6.45, 7) is 1.72. The molecule has 0 saturated carbocycles.